The molecule has 1 saturated heterocycles. The number of rotatable bonds is 6. The molecule has 3 aromatic rings. The van der Waals surface area contributed by atoms with Crippen molar-refractivity contribution >= 4 is 22.9 Å². The monoisotopic (exact) mass is 435 g/mol. The Kier molecular flexibility index (Phi) is 6.41. The molecule has 170 valence electrons. The lowest BCUT2D eigenvalue weighted by molar-refractivity contribution is 0.0910. The number of carbonyl (C=O) groups excluding carboxylic acids is 1. The molecule has 3 heterocycles. The number of piperidine rings is 1. The quantitative estimate of drug-likeness (QED) is 0.617. The first kappa shape index (κ1) is 22.2. The molecule has 0 spiro atoms. The number of carbonyl (C=O) groups is 1. The molecule has 0 bridgehead atoms. The van der Waals surface area contributed by atoms with E-state index in [1.54, 1.807) is 6.33 Å². The van der Waals surface area contributed by atoms with Crippen LogP contribution in [-0.4, -0.2) is 56.0 Å². The minimum atomic E-state index is 0.0251. The number of imidazole rings is 1. The maximum atomic E-state index is 12.6. The molecule has 1 amide bonds. The molecular formula is C24H33N7O. The second-order valence-electron chi connectivity index (χ2n) is 9.64. The van der Waals surface area contributed by atoms with Crippen LogP contribution in [0.3, 0.4) is 0 Å². The van der Waals surface area contributed by atoms with E-state index < -0.39 is 0 Å². The van der Waals surface area contributed by atoms with Crippen molar-refractivity contribution in [2.45, 2.75) is 58.0 Å². The highest BCUT2D eigenvalue weighted by Gasteiger charge is 2.21. The molecule has 8 nitrogen and oxygen atoms in total. The lowest BCUT2D eigenvalue weighted by atomic mass is 9.86. The van der Waals surface area contributed by atoms with Gasteiger partial charge in [0.1, 0.15) is 11.8 Å². The van der Waals surface area contributed by atoms with Gasteiger partial charge in [-0.05, 0) is 48.9 Å². The summed E-state index contributed by atoms with van der Waals surface area (Å²) in [4.78, 5) is 27.7. The Bertz CT molecular complexity index is 1060. The third kappa shape index (κ3) is 5.07. The SMILES string of the molecule is CC(C)(C)c1ccc(C(=O)NC2CCN(CCCn3cnc4c(N)ncnc43)CC2)cc1. The zero-order valence-corrected chi connectivity index (χ0v) is 19.2. The number of nitrogen functional groups attached to an aromatic ring is 1. The van der Waals surface area contributed by atoms with Gasteiger partial charge in [0, 0.05) is 31.2 Å². The van der Waals surface area contributed by atoms with Crippen molar-refractivity contribution in [2.24, 2.45) is 0 Å². The van der Waals surface area contributed by atoms with E-state index in [-0.39, 0.29) is 17.4 Å². The number of likely N-dealkylation sites (tertiary alicyclic amines) is 1. The van der Waals surface area contributed by atoms with Gasteiger partial charge in [-0.3, -0.25) is 4.79 Å². The molecule has 32 heavy (non-hydrogen) atoms. The van der Waals surface area contributed by atoms with Crippen LogP contribution in [0.25, 0.3) is 11.2 Å². The van der Waals surface area contributed by atoms with Crippen molar-refractivity contribution in [1.82, 2.24) is 29.7 Å². The Balaban J connectivity index is 1.21. The van der Waals surface area contributed by atoms with Gasteiger partial charge in [-0.15, -0.1) is 0 Å². The van der Waals surface area contributed by atoms with Gasteiger partial charge in [0.15, 0.2) is 11.5 Å². The number of nitrogens with two attached hydrogens (primary N) is 1. The maximum absolute atomic E-state index is 12.6. The lowest BCUT2D eigenvalue weighted by Gasteiger charge is -2.32. The summed E-state index contributed by atoms with van der Waals surface area (Å²) < 4.78 is 2.03. The van der Waals surface area contributed by atoms with Crippen molar-refractivity contribution < 1.29 is 4.79 Å². The molecule has 8 heteroatoms. The highest BCUT2D eigenvalue weighted by atomic mass is 16.1. The van der Waals surface area contributed by atoms with E-state index in [2.05, 4.69) is 58.1 Å². The number of aryl methyl sites for hydroxylation is 1. The highest BCUT2D eigenvalue weighted by Crippen LogP contribution is 2.22. The Morgan fingerprint density at radius 3 is 2.50 bits per heavy atom. The summed E-state index contributed by atoms with van der Waals surface area (Å²) in [7, 11) is 0. The van der Waals surface area contributed by atoms with Gasteiger partial charge in [0.05, 0.1) is 6.33 Å². The van der Waals surface area contributed by atoms with Crippen LogP contribution in [0.2, 0.25) is 0 Å². The number of fused-ring (bicyclic) bond motifs is 1. The predicted octanol–water partition coefficient (Wildman–Crippen LogP) is 2.99. The number of hydrogen-bond acceptors (Lipinski definition) is 6. The number of hydrogen-bond donors (Lipinski definition) is 2. The van der Waals surface area contributed by atoms with Gasteiger partial charge in [0.2, 0.25) is 0 Å². The molecule has 0 aliphatic carbocycles. The van der Waals surface area contributed by atoms with E-state index in [0.717, 1.165) is 56.7 Å². The Hall–Kier alpha value is -3.00. The molecular weight excluding hydrogens is 402 g/mol. The van der Waals surface area contributed by atoms with Crippen molar-refractivity contribution in [2.75, 3.05) is 25.4 Å². The van der Waals surface area contributed by atoms with Gasteiger partial charge in [-0.2, -0.15) is 0 Å². The van der Waals surface area contributed by atoms with Crippen LogP contribution in [-0.2, 0) is 12.0 Å². The Morgan fingerprint density at radius 1 is 1.09 bits per heavy atom. The molecule has 1 aliphatic heterocycles. The molecule has 2 aromatic heterocycles. The average molecular weight is 436 g/mol. The van der Waals surface area contributed by atoms with Crippen LogP contribution >= 0.6 is 0 Å². The smallest absolute Gasteiger partial charge is 0.251 e. The molecule has 0 atom stereocenters. The van der Waals surface area contributed by atoms with Gasteiger partial charge < -0.3 is 20.5 Å². The highest BCUT2D eigenvalue weighted by molar-refractivity contribution is 5.94. The third-order valence-corrected chi connectivity index (χ3v) is 6.24. The summed E-state index contributed by atoms with van der Waals surface area (Å²) >= 11 is 0. The van der Waals surface area contributed by atoms with Crippen molar-refractivity contribution in [1.29, 1.82) is 0 Å². The Morgan fingerprint density at radius 2 is 1.81 bits per heavy atom. The molecule has 0 saturated carbocycles. The topological polar surface area (TPSA) is 102 Å². The third-order valence-electron chi connectivity index (χ3n) is 6.24. The van der Waals surface area contributed by atoms with Crippen LogP contribution < -0.4 is 11.1 Å². The number of anilines is 1. The minimum absolute atomic E-state index is 0.0251. The van der Waals surface area contributed by atoms with Crippen LogP contribution in [0, 0.1) is 0 Å². The fourth-order valence-corrected chi connectivity index (χ4v) is 4.22. The van der Waals surface area contributed by atoms with Crippen LogP contribution in [0.1, 0.15) is 56.0 Å². The summed E-state index contributed by atoms with van der Waals surface area (Å²) in [5.41, 5.74) is 9.37. The van der Waals surface area contributed by atoms with E-state index in [4.69, 9.17) is 5.73 Å². The molecule has 1 aromatic carbocycles. The van der Waals surface area contributed by atoms with E-state index in [1.807, 2.05) is 16.7 Å². The second-order valence-corrected chi connectivity index (χ2v) is 9.64. The van der Waals surface area contributed by atoms with Crippen molar-refractivity contribution in [3.63, 3.8) is 0 Å². The zero-order chi connectivity index (χ0) is 22.7. The fourth-order valence-electron chi connectivity index (χ4n) is 4.22. The van der Waals surface area contributed by atoms with Gasteiger partial charge in [0.25, 0.3) is 5.91 Å². The zero-order valence-electron chi connectivity index (χ0n) is 19.2. The first-order valence-electron chi connectivity index (χ1n) is 11.4. The van der Waals surface area contributed by atoms with E-state index in [1.165, 1.54) is 11.9 Å². The number of benzene rings is 1. The van der Waals surface area contributed by atoms with Crippen LogP contribution in [0.5, 0.6) is 0 Å². The second kappa shape index (κ2) is 9.24. The van der Waals surface area contributed by atoms with Crippen molar-refractivity contribution in [3.05, 3.63) is 48.0 Å². The predicted molar refractivity (Wildman–Crippen MR) is 126 cm³/mol. The first-order valence-corrected chi connectivity index (χ1v) is 11.4. The normalized spacial score (nSPS) is 15.8. The number of nitrogens with zero attached hydrogens (tertiary/aromatic N) is 5. The molecule has 0 radical (unpaired) electrons. The molecule has 3 N–H and O–H groups in total. The molecule has 1 fully saturated rings. The van der Waals surface area contributed by atoms with Crippen molar-refractivity contribution in [3.8, 4) is 0 Å². The molecule has 0 unspecified atom stereocenters. The lowest BCUT2D eigenvalue weighted by Crippen LogP contribution is -2.45. The summed E-state index contributed by atoms with van der Waals surface area (Å²) in [6.07, 6.45) is 6.22. The maximum Gasteiger partial charge on any atom is 0.251 e. The van der Waals surface area contributed by atoms with Gasteiger partial charge >= 0.3 is 0 Å². The number of aromatic nitrogens is 4. The molecule has 4 rings (SSSR count). The number of amides is 1. The van der Waals surface area contributed by atoms with Gasteiger partial charge in [-0.25, -0.2) is 15.0 Å². The van der Waals surface area contributed by atoms with E-state index in [9.17, 15) is 4.79 Å². The largest absolute Gasteiger partial charge is 0.382 e. The summed E-state index contributed by atoms with van der Waals surface area (Å²) in [6, 6.07) is 8.22. The Labute approximate surface area is 189 Å². The van der Waals surface area contributed by atoms with Crippen LogP contribution in [0.4, 0.5) is 5.82 Å². The summed E-state index contributed by atoms with van der Waals surface area (Å²) in [5.74, 6) is 0.445. The number of nitrogens with one attached hydrogen (secondary N) is 1. The van der Waals surface area contributed by atoms with E-state index in [0.29, 0.717) is 11.3 Å². The fraction of sp³-hybridized carbons (Fsp3) is 0.500. The average Bonchev–Trinajstić information content (AvgIpc) is 3.19. The van der Waals surface area contributed by atoms with Gasteiger partial charge in [-0.1, -0.05) is 32.9 Å². The standard InChI is InChI=1S/C24H33N7O/c1-24(2,3)18-7-5-17(6-8-18)23(32)29-19-9-13-30(14-10-19)11-4-12-31-16-28-20-21(25)26-15-27-22(20)31/h5-8,15-16,19H,4,9-14H2,1-3H3,(H,29,32)(H2,25,26,27). The van der Waals surface area contributed by atoms with E-state index >= 15 is 0 Å². The molecule has 1 aliphatic rings. The first-order chi connectivity index (χ1) is 15.3. The minimum Gasteiger partial charge on any atom is -0.382 e. The van der Waals surface area contributed by atoms with Crippen LogP contribution in [0.15, 0.2) is 36.9 Å². The summed E-state index contributed by atoms with van der Waals surface area (Å²) in [6.45, 7) is 10.4. The summed E-state index contributed by atoms with van der Waals surface area (Å²) in [5, 5.41) is 3.21.